The summed E-state index contributed by atoms with van der Waals surface area (Å²) in [5, 5.41) is 3.82. The topological polar surface area (TPSA) is 52.7 Å². The number of likely N-dealkylation sites (tertiary alicyclic amines) is 2. The molecule has 0 radical (unpaired) electrons. The molecular weight excluding hydrogens is 386 g/mol. The maximum Gasteiger partial charge on any atom is 0.238 e. The Bertz CT molecular complexity index is 723. The van der Waals surface area contributed by atoms with Gasteiger partial charge in [-0.3, -0.25) is 14.5 Å². The van der Waals surface area contributed by atoms with E-state index < -0.39 is 0 Å². The van der Waals surface area contributed by atoms with E-state index in [0.717, 1.165) is 81.5 Å². The molecule has 2 amide bonds. The average Bonchev–Trinajstić information content (AvgIpc) is 2.75. The standard InChI is InChI=1S/C23H34ClN3O2/c1-3-17-8-9-20(24)19(4-2)22(17)25-21(28)16-26-14-10-18(11-15-26)23(29)27-12-6-5-7-13-27/h8-9,18H,3-7,10-16H2,1-2H3,(H,25,28). The zero-order valence-corrected chi connectivity index (χ0v) is 18.6. The van der Waals surface area contributed by atoms with E-state index in [-0.39, 0.29) is 11.8 Å². The van der Waals surface area contributed by atoms with Crippen molar-refractivity contribution in [2.45, 2.75) is 58.8 Å². The Morgan fingerprint density at radius 2 is 1.72 bits per heavy atom. The summed E-state index contributed by atoms with van der Waals surface area (Å²) in [4.78, 5) is 29.6. The van der Waals surface area contributed by atoms with E-state index in [1.165, 1.54) is 6.42 Å². The second-order valence-corrected chi connectivity index (χ2v) is 8.66. The number of nitrogens with one attached hydrogen (secondary N) is 1. The van der Waals surface area contributed by atoms with Crippen LogP contribution in [0.1, 0.15) is 57.1 Å². The van der Waals surface area contributed by atoms with Crippen molar-refractivity contribution >= 4 is 29.1 Å². The van der Waals surface area contributed by atoms with Crippen molar-refractivity contribution in [2.75, 3.05) is 38.0 Å². The van der Waals surface area contributed by atoms with E-state index in [1.807, 2.05) is 17.0 Å². The first kappa shape index (κ1) is 22.1. The van der Waals surface area contributed by atoms with E-state index in [1.54, 1.807) is 0 Å². The van der Waals surface area contributed by atoms with Gasteiger partial charge < -0.3 is 10.2 Å². The van der Waals surface area contributed by atoms with Crippen LogP contribution < -0.4 is 5.32 Å². The third-order valence-electron chi connectivity index (χ3n) is 6.31. The van der Waals surface area contributed by atoms with Crippen LogP contribution in [0.5, 0.6) is 0 Å². The fourth-order valence-electron chi connectivity index (χ4n) is 4.56. The van der Waals surface area contributed by atoms with Crippen LogP contribution in [-0.2, 0) is 22.4 Å². The van der Waals surface area contributed by atoms with E-state index in [2.05, 4.69) is 24.1 Å². The third-order valence-corrected chi connectivity index (χ3v) is 6.67. The molecule has 0 bridgehead atoms. The fourth-order valence-corrected chi connectivity index (χ4v) is 4.85. The lowest BCUT2D eigenvalue weighted by atomic mass is 9.94. The lowest BCUT2D eigenvalue weighted by Crippen LogP contribution is -2.45. The first-order chi connectivity index (χ1) is 14.0. The molecule has 2 saturated heterocycles. The van der Waals surface area contributed by atoms with Crippen molar-refractivity contribution in [2.24, 2.45) is 5.92 Å². The molecule has 29 heavy (non-hydrogen) atoms. The zero-order chi connectivity index (χ0) is 20.8. The number of carbonyl (C=O) groups is 2. The Labute approximate surface area is 179 Å². The van der Waals surface area contributed by atoms with Crippen LogP contribution in [0, 0.1) is 5.92 Å². The van der Waals surface area contributed by atoms with Gasteiger partial charge in [-0.25, -0.2) is 0 Å². The summed E-state index contributed by atoms with van der Waals surface area (Å²) in [7, 11) is 0. The van der Waals surface area contributed by atoms with Crippen molar-refractivity contribution in [3.05, 3.63) is 28.3 Å². The van der Waals surface area contributed by atoms with E-state index >= 15 is 0 Å². The van der Waals surface area contributed by atoms with Gasteiger partial charge in [0, 0.05) is 29.7 Å². The van der Waals surface area contributed by atoms with Crippen LogP contribution in [-0.4, -0.2) is 54.3 Å². The quantitative estimate of drug-likeness (QED) is 0.754. The highest BCUT2D eigenvalue weighted by atomic mass is 35.5. The van der Waals surface area contributed by atoms with Gasteiger partial charge in [0.05, 0.1) is 6.54 Å². The first-order valence-electron chi connectivity index (χ1n) is 11.1. The highest BCUT2D eigenvalue weighted by molar-refractivity contribution is 6.32. The lowest BCUT2D eigenvalue weighted by Gasteiger charge is -2.35. The van der Waals surface area contributed by atoms with Gasteiger partial charge in [0.25, 0.3) is 0 Å². The molecule has 5 nitrogen and oxygen atoms in total. The Balaban J connectivity index is 1.53. The molecule has 0 unspecified atom stereocenters. The summed E-state index contributed by atoms with van der Waals surface area (Å²) in [6.07, 6.45) is 6.83. The van der Waals surface area contributed by atoms with Gasteiger partial charge in [-0.15, -0.1) is 0 Å². The second-order valence-electron chi connectivity index (χ2n) is 8.25. The highest BCUT2D eigenvalue weighted by Gasteiger charge is 2.29. The Kier molecular flexibility index (Phi) is 7.96. The minimum absolute atomic E-state index is 0.00234. The minimum Gasteiger partial charge on any atom is -0.342 e. The van der Waals surface area contributed by atoms with Crippen LogP contribution in [0.3, 0.4) is 0 Å². The number of aryl methyl sites for hydroxylation is 1. The number of hydrogen-bond acceptors (Lipinski definition) is 3. The summed E-state index contributed by atoms with van der Waals surface area (Å²) >= 11 is 6.35. The fraction of sp³-hybridized carbons (Fsp3) is 0.652. The van der Waals surface area contributed by atoms with Crippen molar-refractivity contribution in [1.82, 2.24) is 9.80 Å². The molecule has 2 aliphatic heterocycles. The number of piperidine rings is 2. The SMILES string of the molecule is CCc1ccc(Cl)c(CC)c1NC(=O)CN1CCC(C(=O)N2CCCCC2)CC1. The molecule has 2 fully saturated rings. The third kappa shape index (κ3) is 5.52. The zero-order valence-electron chi connectivity index (χ0n) is 17.8. The summed E-state index contributed by atoms with van der Waals surface area (Å²) in [6, 6.07) is 3.91. The number of halogens is 1. The molecule has 6 heteroatoms. The number of carbonyl (C=O) groups excluding carboxylic acids is 2. The van der Waals surface area contributed by atoms with Gasteiger partial charge in [0.1, 0.15) is 0 Å². The van der Waals surface area contributed by atoms with Crippen LogP contribution in [0.25, 0.3) is 0 Å². The van der Waals surface area contributed by atoms with Crippen LogP contribution in [0.2, 0.25) is 5.02 Å². The number of anilines is 1. The number of nitrogens with zero attached hydrogens (tertiary/aromatic N) is 2. The molecule has 1 aromatic carbocycles. The molecule has 160 valence electrons. The predicted molar refractivity (Wildman–Crippen MR) is 118 cm³/mol. The normalized spacial score (nSPS) is 18.7. The molecule has 1 aromatic rings. The van der Waals surface area contributed by atoms with Gasteiger partial charge in [-0.05, 0) is 75.2 Å². The van der Waals surface area contributed by atoms with Gasteiger partial charge >= 0.3 is 0 Å². The lowest BCUT2D eigenvalue weighted by molar-refractivity contribution is -0.138. The molecule has 0 aromatic heterocycles. The molecule has 0 atom stereocenters. The monoisotopic (exact) mass is 419 g/mol. The van der Waals surface area contributed by atoms with Crippen molar-refractivity contribution in [3.8, 4) is 0 Å². The second kappa shape index (κ2) is 10.4. The summed E-state index contributed by atoms with van der Waals surface area (Å²) in [5.41, 5.74) is 3.00. The van der Waals surface area contributed by atoms with Gasteiger partial charge in [0.2, 0.25) is 11.8 Å². The van der Waals surface area contributed by atoms with Gasteiger partial charge in [-0.2, -0.15) is 0 Å². The smallest absolute Gasteiger partial charge is 0.238 e. The van der Waals surface area contributed by atoms with Crippen LogP contribution >= 0.6 is 11.6 Å². The molecule has 2 heterocycles. The largest absolute Gasteiger partial charge is 0.342 e. The maximum atomic E-state index is 12.7. The van der Waals surface area contributed by atoms with Crippen LogP contribution in [0.15, 0.2) is 12.1 Å². The molecule has 2 aliphatic rings. The minimum atomic E-state index is -0.00234. The number of amides is 2. The van der Waals surface area contributed by atoms with Crippen molar-refractivity contribution in [1.29, 1.82) is 0 Å². The average molecular weight is 420 g/mol. The van der Waals surface area contributed by atoms with E-state index in [4.69, 9.17) is 11.6 Å². The summed E-state index contributed by atoms with van der Waals surface area (Å²) in [5.74, 6) is 0.448. The number of hydrogen-bond donors (Lipinski definition) is 1. The Morgan fingerprint density at radius 3 is 2.34 bits per heavy atom. The van der Waals surface area contributed by atoms with E-state index in [0.29, 0.717) is 17.5 Å². The van der Waals surface area contributed by atoms with E-state index in [9.17, 15) is 9.59 Å². The van der Waals surface area contributed by atoms with Crippen LogP contribution in [0.4, 0.5) is 5.69 Å². The maximum absolute atomic E-state index is 12.7. The molecule has 0 aliphatic carbocycles. The molecule has 0 spiro atoms. The van der Waals surface area contributed by atoms with Crippen molar-refractivity contribution < 1.29 is 9.59 Å². The molecule has 1 N–H and O–H groups in total. The predicted octanol–water partition coefficient (Wildman–Crippen LogP) is 4.13. The highest BCUT2D eigenvalue weighted by Crippen LogP contribution is 2.29. The Hall–Kier alpha value is -1.59. The van der Waals surface area contributed by atoms with Gasteiger partial charge in [-0.1, -0.05) is 31.5 Å². The summed E-state index contributed by atoms with van der Waals surface area (Å²) < 4.78 is 0. The number of rotatable bonds is 6. The van der Waals surface area contributed by atoms with Crippen molar-refractivity contribution in [3.63, 3.8) is 0 Å². The number of benzene rings is 1. The summed E-state index contributed by atoms with van der Waals surface area (Å²) in [6.45, 7) is 7.94. The molecule has 3 rings (SSSR count). The first-order valence-corrected chi connectivity index (χ1v) is 11.5. The molecule has 0 saturated carbocycles. The Morgan fingerprint density at radius 1 is 1.03 bits per heavy atom. The van der Waals surface area contributed by atoms with Gasteiger partial charge in [0.15, 0.2) is 0 Å². The molecular formula is C23H34ClN3O2.